The molecule has 2 heterocycles. The number of hydrogen-bond acceptors (Lipinski definition) is 6. The Morgan fingerprint density at radius 3 is 1.45 bits per heavy atom. The van der Waals surface area contributed by atoms with Crippen LogP contribution in [0, 0.1) is 0 Å². The minimum absolute atomic E-state index is 1.22. The van der Waals surface area contributed by atoms with E-state index in [1.807, 2.05) is 23.5 Å². The van der Waals surface area contributed by atoms with Crippen LogP contribution in [0.25, 0.3) is 0 Å². The zero-order valence-electron chi connectivity index (χ0n) is 11.4. The van der Waals surface area contributed by atoms with E-state index in [4.69, 9.17) is 0 Å². The predicted octanol–water partition coefficient (Wildman–Crippen LogP) is 7.91. The Kier molecular flexibility index (Phi) is 10.4. The van der Waals surface area contributed by atoms with Crippen molar-refractivity contribution in [2.75, 3.05) is 25.0 Å². The van der Waals surface area contributed by atoms with Crippen LogP contribution in [-0.4, -0.2) is 25.0 Å². The molecule has 0 bridgehead atoms. The fourth-order valence-corrected chi connectivity index (χ4v) is 10.2. The molecule has 0 amide bonds. The molecule has 2 rings (SSSR count). The summed E-state index contributed by atoms with van der Waals surface area (Å²) in [6.07, 6.45) is 8.42. The van der Waals surface area contributed by atoms with Gasteiger partial charge in [0.25, 0.3) is 0 Å². The van der Waals surface area contributed by atoms with Gasteiger partial charge in [0.05, 0.1) is 7.57 Å². The van der Waals surface area contributed by atoms with Crippen LogP contribution in [0.5, 0.6) is 0 Å². The highest BCUT2D eigenvalue weighted by atomic mass is 79.9. The molecule has 2 aromatic rings. The molecule has 0 aliphatic heterocycles. The summed E-state index contributed by atoms with van der Waals surface area (Å²) < 4.78 is 2.45. The fourth-order valence-electron chi connectivity index (χ4n) is 1.27. The van der Waals surface area contributed by atoms with E-state index in [0.717, 1.165) is 0 Å². The Labute approximate surface area is 162 Å². The van der Waals surface area contributed by atoms with Gasteiger partial charge < -0.3 is 0 Å². The Hall–Kier alpha value is 1.76. The van der Waals surface area contributed by atoms with Gasteiger partial charge in [0, 0.05) is 30.3 Å². The van der Waals surface area contributed by atoms with E-state index in [9.17, 15) is 0 Å². The second-order valence-electron chi connectivity index (χ2n) is 3.22. The highest BCUT2D eigenvalue weighted by Crippen LogP contribution is 2.46. The summed E-state index contributed by atoms with van der Waals surface area (Å²) >= 11 is 17.7. The molecule has 8 heteroatoms. The van der Waals surface area contributed by atoms with E-state index in [0.29, 0.717) is 0 Å². The third-order valence-electron chi connectivity index (χ3n) is 2.18. The number of halogens is 2. The monoisotopic (exact) mass is 508 g/mol. The molecule has 2 aromatic heterocycles. The summed E-state index contributed by atoms with van der Waals surface area (Å²) in [5.41, 5.74) is 0. The van der Waals surface area contributed by atoms with E-state index in [1.54, 1.807) is 46.2 Å². The summed E-state index contributed by atoms with van der Waals surface area (Å²) in [6.45, 7) is 0. The summed E-state index contributed by atoms with van der Waals surface area (Å²) in [6, 6.07) is 0. The van der Waals surface area contributed by atoms with Crippen molar-refractivity contribution in [2.24, 2.45) is 0 Å². The zero-order valence-corrected chi connectivity index (χ0v) is 19.4. The van der Waals surface area contributed by atoms with Gasteiger partial charge in [-0.05, 0) is 56.9 Å². The molecule has 20 heavy (non-hydrogen) atoms. The number of thiophene rings is 2. The van der Waals surface area contributed by atoms with Gasteiger partial charge in [0.15, 0.2) is 0 Å². The number of thioether (sulfide) groups is 4. The normalized spacial score (nSPS) is 10.3. The van der Waals surface area contributed by atoms with Gasteiger partial charge in [-0.2, -0.15) is 11.3 Å². The number of rotatable bonds is 4. The standard InChI is InChI=1S/C6H6Br2S3.C6H8S3/c1-9-3-4(10-2)6(8)11-5(3)7;1-7-5-3-9-4-6(5)8-2/h1-2H3;3-4H,1-2H3. The van der Waals surface area contributed by atoms with Gasteiger partial charge in [0.2, 0.25) is 0 Å². The maximum absolute atomic E-state index is 3.52. The minimum atomic E-state index is 1.22. The fraction of sp³-hybridized carbons (Fsp3) is 0.333. The minimum Gasteiger partial charge on any atom is -0.150 e. The lowest BCUT2D eigenvalue weighted by Crippen LogP contribution is -1.68. The molecule has 0 aliphatic rings. The highest BCUT2D eigenvalue weighted by molar-refractivity contribution is 9.12. The topological polar surface area (TPSA) is 0 Å². The molecule has 0 nitrogen and oxygen atoms in total. The van der Waals surface area contributed by atoms with Crippen molar-refractivity contribution >= 4 is 102 Å². The summed E-state index contributed by atoms with van der Waals surface area (Å²) in [5, 5.41) is 4.38. The summed E-state index contributed by atoms with van der Waals surface area (Å²) in [5.74, 6) is 0. The van der Waals surface area contributed by atoms with Crippen molar-refractivity contribution in [2.45, 2.75) is 19.6 Å². The predicted molar refractivity (Wildman–Crippen MR) is 111 cm³/mol. The van der Waals surface area contributed by atoms with Crippen LogP contribution in [0.4, 0.5) is 0 Å². The molecule has 0 atom stereocenters. The molecule has 0 unspecified atom stereocenters. The smallest absolute Gasteiger partial charge is 0.0857 e. The molecular weight excluding hydrogens is 496 g/mol. The van der Waals surface area contributed by atoms with E-state index >= 15 is 0 Å². The van der Waals surface area contributed by atoms with Crippen molar-refractivity contribution in [1.29, 1.82) is 0 Å². The lowest BCUT2D eigenvalue weighted by Gasteiger charge is -1.96. The molecule has 0 aliphatic carbocycles. The lowest BCUT2D eigenvalue weighted by molar-refractivity contribution is 1.30. The van der Waals surface area contributed by atoms with E-state index in [2.05, 4.69) is 67.6 Å². The van der Waals surface area contributed by atoms with Gasteiger partial charge in [-0.25, -0.2) is 0 Å². The first-order chi connectivity index (χ1) is 9.58. The van der Waals surface area contributed by atoms with Crippen molar-refractivity contribution in [3.63, 3.8) is 0 Å². The Balaban J connectivity index is 0.000000204. The van der Waals surface area contributed by atoms with Gasteiger partial charge in [-0.1, -0.05) is 0 Å². The maximum atomic E-state index is 3.52. The second kappa shape index (κ2) is 10.5. The van der Waals surface area contributed by atoms with Crippen LogP contribution in [0.15, 0.2) is 37.9 Å². The van der Waals surface area contributed by atoms with Crippen molar-refractivity contribution in [3.05, 3.63) is 18.3 Å². The van der Waals surface area contributed by atoms with E-state index in [1.165, 1.54) is 27.2 Å². The Bertz CT molecular complexity index is 491. The first-order valence-electron chi connectivity index (χ1n) is 5.28. The van der Waals surface area contributed by atoms with Gasteiger partial charge in [-0.3, -0.25) is 0 Å². The van der Waals surface area contributed by atoms with Gasteiger partial charge in [-0.15, -0.1) is 58.4 Å². The van der Waals surface area contributed by atoms with Crippen molar-refractivity contribution in [3.8, 4) is 0 Å². The average molecular weight is 510 g/mol. The number of hydrogen-bond donors (Lipinski definition) is 0. The average Bonchev–Trinajstić information content (AvgIpc) is 3.02. The zero-order chi connectivity index (χ0) is 15.1. The third kappa shape index (κ3) is 5.44. The molecule has 112 valence electrons. The molecule has 0 saturated heterocycles. The molecular formula is C12H14Br2S6. The molecule has 0 spiro atoms. The van der Waals surface area contributed by atoms with E-state index in [-0.39, 0.29) is 0 Å². The summed E-state index contributed by atoms with van der Waals surface area (Å²) in [7, 11) is 0. The van der Waals surface area contributed by atoms with Gasteiger partial charge in [0.1, 0.15) is 0 Å². The lowest BCUT2D eigenvalue weighted by atomic mass is 10.7. The van der Waals surface area contributed by atoms with Crippen LogP contribution in [-0.2, 0) is 0 Å². The van der Waals surface area contributed by atoms with Crippen LogP contribution >= 0.6 is 102 Å². The van der Waals surface area contributed by atoms with Crippen LogP contribution in [0.2, 0.25) is 0 Å². The maximum Gasteiger partial charge on any atom is 0.0857 e. The Morgan fingerprint density at radius 1 is 0.750 bits per heavy atom. The third-order valence-corrected chi connectivity index (χ3v) is 9.99. The largest absolute Gasteiger partial charge is 0.150 e. The van der Waals surface area contributed by atoms with E-state index < -0.39 is 0 Å². The summed E-state index contributed by atoms with van der Waals surface area (Å²) in [4.78, 5) is 5.50. The first kappa shape index (κ1) is 19.8. The quantitative estimate of drug-likeness (QED) is 0.383. The first-order valence-corrected chi connectivity index (χ1v) is 13.5. The Morgan fingerprint density at radius 2 is 1.15 bits per heavy atom. The highest BCUT2D eigenvalue weighted by Gasteiger charge is 2.12. The molecule has 0 aromatic carbocycles. The van der Waals surface area contributed by atoms with Gasteiger partial charge >= 0.3 is 0 Å². The van der Waals surface area contributed by atoms with Crippen LogP contribution in [0.3, 0.4) is 0 Å². The molecule has 0 saturated carbocycles. The molecule has 0 N–H and O–H groups in total. The molecule has 0 radical (unpaired) electrons. The second-order valence-corrected chi connectivity index (χ2v) is 11.0. The van der Waals surface area contributed by atoms with Crippen LogP contribution in [0.1, 0.15) is 0 Å². The van der Waals surface area contributed by atoms with Crippen LogP contribution < -0.4 is 0 Å². The van der Waals surface area contributed by atoms with Crippen molar-refractivity contribution < 1.29 is 0 Å². The SMILES string of the molecule is CSc1c(Br)sc(Br)c1SC.CSc1cscc1SC. The van der Waals surface area contributed by atoms with Crippen molar-refractivity contribution in [1.82, 2.24) is 0 Å². The molecule has 0 fully saturated rings.